The summed E-state index contributed by atoms with van der Waals surface area (Å²) in [7, 11) is 0. The Hall–Kier alpha value is -4.06. The molecule has 5 aromatic rings. The normalized spacial score (nSPS) is 10.7. The lowest BCUT2D eigenvalue weighted by Gasteiger charge is -2.02. The predicted molar refractivity (Wildman–Crippen MR) is 117 cm³/mol. The first kappa shape index (κ1) is 17.1. The molecule has 0 aliphatic rings. The molecule has 4 nitrogen and oxygen atoms in total. The molecule has 29 heavy (non-hydrogen) atoms. The van der Waals surface area contributed by atoms with Gasteiger partial charge in [0.15, 0.2) is 5.69 Å². The van der Waals surface area contributed by atoms with E-state index in [1.807, 2.05) is 36.4 Å². The highest BCUT2D eigenvalue weighted by molar-refractivity contribution is 7.25. The number of nitrogens with zero attached hydrogens (tertiary/aromatic N) is 4. The third kappa shape index (κ3) is 3.00. The molecule has 0 unspecified atom stereocenters. The molecule has 0 bridgehead atoms. The topological polar surface area (TPSA) is 53.9 Å². The number of fused-ring (bicyclic) bond motifs is 3. The zero-order chi connectivity index (χ0) is 19.8. The van der Waals surface area contributed by atoms with Gasteiger partial charge in [0.05, 0.1) is 5.69 Å². The molecule has 3 aromatic heterocycles. The SMILES string of the molecule is [C-]#[N+]c1cccc(-c2ccc3sc4ccc(-c5cccc(C#N)n5)cc4c3c2)n1. The van der Waals surface area contributed by atoms with Crippen LogP contribution in [0.15, 0.2) is 72.8 Å². The van der Waals surface area contributed by atoms with Crippen molar-refractivity contribution in [1.82, 2.24) is 9.97 Å². The number of hydrogen-bond donors (Lipinski definition) is 0. The number of benzene rings is 2. The monoisotopic (exact) mass is 388 g/mol. The molecule has 0 atom stereocenters. The number of hydrogen-bond acceptors (Lipinski definition) is 4. The van der Waals surface area contributed by atoms with Gasteiger partial charge in [-0.15, -0.1) is 16.3 Å². The Bertz CT molecular complexity index is 1370. The van der Waals surface area contributed by atoms with E-state index in [1.54, 1.807) is 23.5 Å². The zero-order valence-corrected chi connectivity index (χ0v) is 15.9. The first-order valence-electron chi connectivity index (χ1n) is 8.94. The summed E-state index contributed by atoms with van der Waals surface area (Å²) in [4.78, 5) is 12.3. The first-order chi connectivity index (χ1) is 14.2. The van der Waals surface area contributed by atoms with Crippen molar-refractivity contribution in [3.8, 4) is 28.6 Å². The quantitative estimate of drug-likeness (QED) is 0.320. The van der Waals surface area contributed by atoms with Crippen molar-refractivity contribution in [3.63, 3.8) is 0 Å². The molecule has 0 fully saturated rings. The highest BCUT2D eigenvalue weighted by Crippen LogP contribution is 2.38. The second kappa shape index (κ2) is 6.83. The summed E-state index contributed by atoms with van der Waals surface area (Å²) >= 11 is 1.74. The Morgan fingerprint density at radius 3 is 2.03 bits per heavy atom. The van der Waals surface area contributed by atoms with Gasteiger partial charge in [-0.1, -0.05) is 24.8 Å². The molecular weight excluding hydrogens is 376 g/mol. The van der Waals surface area contributed by atoms with Gasteiger partial charge in [-0.3, -0.25) is 0 Å². The Kier molecular flexibility index (Phi) is 4.02. The van der Waals surface area contributed by atoms with Crippen molar-refractivity contribution in [2.24, 2.45) is 0 Å². The summed E-state index contributed by atoms with van der Waals surface area (Å²) in [5, 5.41) is 11.4. The van der Waals surface area contributed by atoms with Gasteiger partial charge in [0.1, 0.15) is 11.8 Å². The molecule has 0 saturated carbocycles. The lowest BCUT2D eigenvalue weighted by Crippen LogP contribution is -1.86. The van der Waals surface area contributed by atoms with Crippen LogP contribution in [0.3, 0.4) is 0 Å². The molecule has 0 saturated heterocycles. The van der Waals surface area contributed by atoms with E-state index < -0.39 is 0 Å². The lowest BCUT2D eigenvalue weighted by atomic mass is 10.0. The Balaban J connectivity index is 1.69. The molecule has 0 amide bonds. The predicted octanol–water partition coefficient (Wildman–Crippen LogP) is 6.60. The third-order valence-corrected chi connectivity index (χ3v) is 5.93. The van der Waals surface area contributed by atoms with Crippen LogP contribution < -0.4 is 0 Å². The maximum atomic E-state index is 9.13. The number of pyridine rings is 2. The van der Waals surface area contributed by atoms with Gasteiger partial charge in [-0.2, -0.15) is 5.26 Å². The average molecular weight is 388 g/mol. The van der Waals surface area contributed by atoms with E-state index in [9.17, 15) is 0 Å². The summed E-state index contributed by atoms with van der Waals surface area (Å²) < 4.78 is 2.39. The van der Waals surface area contributed by atoms with Gasteiger partial charge >= 0.3 is 0 Å². The summed E-state index contributed by atoms with van der Waals surface area (Å²) in [6.45, 7) is 7.19. The summed E-state index contributed by atoms with van der Waals surface area (Å²) in [6, 6.07) is 25.6. The lowest BCUT2D eigenvalue weighted by molar-refractivity contribution is 1.27. The van der Waals surface area contributed by atoms with Crippen LogP contribution in [0, 0.1) is 17.9 Å². The molecule has 0 spiro atoms. The number of rotatable bonds is 2. The van der Waals surface area contributed by atoms with Crippen molar-refractivity contribution >= 4 is 37.3 Å². The van der Waals surface area contributed by atoms with Crippen molar-refractivity contribution in [2.75, 3.05) is 0 Å². The Morgan fingerprint density at radius 1 is 0.793 bits per heavy atom. The van der Waals surface area contributed by atoms with Gasteiger partial charge in [-0.25, -0.2) is 4.98 Å². The van der Waals surface area contributed by atoms with E-state index >= 15 is 0 Å². The van der Waals surface area contributed by atoms with Crippen LogP contribution in [0.4, 0.5) is 5.82 Å². The maximum Gasteiger partial charge on any atom is 0.270 e. The van der Waals surface area contributed by atoms with Crippen molar-refractivity contribution in [1.29, 1.82) is 5.26 Å². The first-order valence-corrected chi connectivity index (χ1v) is 9.75. The van der Waals surface area contributed by atoms with E-state index in [4.69, 9.17) is 11.8 Å². The second-order valence-corrected chi connectivity index (χ2v) is 7.62. The minimum Gasteiger partial charge on any atom is -0.361 e. The Morgan fingerprint density at radius 2 is 1.41 bits per heavy atom. The van der Waals surface area contributed by atoms with Gasteiger partial charge in [-0.05, 0) is 54.6 Å². The fourth-order valence-corrected chi connectivity index (χ4v) is 4.47. The molecule has 0 aliphatic carbocycles. The van der Waals surface area contributed by atoms with E-state index in [0.717, 1.165) is 33.3 Å². The fraction of sp³-hybridized carbons (Fsp3) is 0. The van der Waals surface area contributed by atoms with Crippen LogP contribution in [0.25, 0.3) is 47.5 Å². The highest BCUT2D eigenvalue weighted by Gasteiger charge is 2.11. The smallest absolute Gasteiger partial charge is 0.270 e. The minimum atomic E-state index is 0.392. The van der Waals surface area contributed by atoms with E-state index in [0.29, 0.717) is 11.5 Å². The minimum absolute atomic E-state index is 0.392. The molecule has 134 valence electrons. The largest absolute Gasteiger partial charge is 0.361 e. The average Bonchev–Trinajstić information content (AvgIpc) is 3.16. The van der Waals surface area contributed by atoms with Crippen LogP contribution >= 0.6 is 11.3 Å². The van der Waals surface area contributed by atoms with Crippen molar-refractivity contribution in [3.05, 3.63) is 89.9 Å². The Labute approximate surface area is 171 Å². The van der Waals surface area contributed by atoms with Crippen LogP contribution in [-0.4, -0.2) is 9.97 Å². The van der Waals surface area contributed by atoms with Crippen molar-refractivity contribution in [2.45, 2.75) is 0 Å². The molecular formula is C24H12N4S. The third-order valence-electron chi connectivity index (χ3n) is 4.77. The standard InChI is InChI=1S/C24H12N4S/c1-26-24-7-3-6-21(28-24)16-9-11-23-19(13-16)18-12-15(8-10-22(18)29-23)20-5-2-4-17(14-25)27-20/h2-13H. The molecule has 5 rings (SSSR count). The molecule has 2 aromatic carbocycles. The van der Waals surface area contributed by atoms with Gasteiger partial charge in [0.25, 0.3) is 5.82 Å². The number of nitriles is 1. The number of aromatic nitrogens is 2. The van der Waals surface area contributed by atoms with Crippen LogP contribution in [0.5, 0.6) is 0 Å². The van der Waals surface area contributed by atoms with E-state index in [-0.39, 0.29) is 0 Å². The number of thiophene rings is 1. The molecule has 0 aliphatic heterocycles. The molecule has 5 heteroatoms. The van der Waals surface area contributed by atoms with E-state index in [2.05, 4.69) is 45.1 Å². The van der Waals surface area contributed by atoms with Gasteiger partial charge in [0.2, 0.25) is 0 Å². The second-order valence-electron chi connectivity index (χ2n) is 6.54. The molecule has 0 radical (unpaired) electrons. The zero-order valence-electron chi connectivity index (χ0n) is 15.1. The van der Waals surface area contributed by atoms with Crippen LogP contribution in [-0.2, 0) is 0 Å². The summed E-state index contributed by atoms with van der Waals surface area (Å²) in [6.07, 6.45) is 0. The molecule has 0 N–H and O–H groups in total. The highest BCUT2D eigenvalue weighted by atomic mass is 32.1. The molecule has 3 heterocycles. The summed E-state index contributed by atoms with van der Waals surface area (Å²) in [5.74, 6) is 0.392. The maximum absolute atomic E-state index is 9.13. The van der Waals surface area contributed by atoms with Gasteiger partial charge in [0, 0.05) is 31.3 Å². The fourth-order valence-electron chi connectivity index (χ4n) is 3.40. The van der Waals surface area contributed by atoms with E-state index in [1.165, 1.54) is 9.40 Å². The summed E-state index contributed by atoms with van der Waals surface area (Å²) in [5.41, 5.74) is 3.95. The van der Waals surface area contributed by atoms with Crippen molar-refractivity contribution < 1.29 is 0 Å². The van der Waals surface area contributed by atoms with Crippen LogP contribution in [0.1, 0.15) is 5.69 Å². The van der Waals surface area contributed by atoms with Crippen LogP contribution in [0.2, 0.25) is 0 Å². The van der Waals surface area contributed by atoms with Gasteiger partial charge < -0.3 is 4.85 Å².